The molecule has 1 unspecified atom stereocenters. The van der Waals surface area contributed by atoms with Crippen LogP contribution in [0.5, 0.6) is 0 Å². The first-order chi connectivity index (χ1) is 7.74. The first kappa shape index (κ1) is 11.3. The Balaban J connectivity index is 2.26. The molecule has 1 heterocycles. The molecule has 1 aromatic heterocycles. The van der Waals surface area contributed by atoms with Gasteiger partial charge in [0.05, 0.1) is 0 Å². The minimum Gasteiger partial charge on any atom is -0.327 e. The van der Waals surface area contributed by atoms with Gasteiger partial charge in [0, 0.05) is 17.8 Å². The lowest BCUT2D eigenvalue weighted by molar-refractivity contribution is 0.176. The van der Waals surface area contributed by atoms with Crippen molar-refractivity contribution in [1.82, 2.24) is 0 Å². The largest absolute Gasteiger partial charge is 0.327 e. The summed E-state index contributed by atoms with van der Waals surface area (Å²) in [5, 5.41) is 1.96. The van der Waals surface area contributed by atoms with Gasteiger partial charge in [0.25, 0.3) is 0 Å². The summed E-state index contributed by atoms with van der Waals surface area (Å²) < 4.78 is 14.7. The molecule has 0 bridgehead atoms. The van der Waals surface area contributed by atoms with Crippen molar-refractivity contribution in [3.63, 3.8) is 0 Å². The number of benzene rings is 1. The molecule has 0 spiro atoms. The van der Waals surface area contributed by atoms with E-state index in [2.05, 4.69) is 0 Å². The van der Waals surface area contributed by atoms with Gasteiger partial charge < -0.3 is 5.73 Å². The van der Waals surface area contributed by atoms with Gasteiger partial charge in [0.15, 0.2) is 5.67 Å². The molecule has 0 saturated carbocycles. The van der Waals surface area contributed by atoms with Gasteiger partial charge in [0.2, 0.25) is 0 Å². The number of halogens is 1. The number of thiophene rings is 1. The lowest BCUT2D eigenvalue weighted by Crippen LogP contribution is -2.32. The van der Waals surface area contributed by atoms with Crippen LogP contribution >= 0.6 is 11.3 Å². The highest BCUT2D eigenvalue weighted by atomic mass is 32.1. The van der Waals surface area contributed by atoms with Crippen molar-refractivity contribution in [3.05, 3.63) is 58.3 Å². The highest BCUT2D eigenvalue weighted by molar-refractivity contribution is 7.09. The van der Waals surface area contributed by atoms with Gasteiger partial charge in [-0.2, -0.15) is 0 Å². The van der Waals surface area contributed by atoms with Crippen molar-refractivity contribution in [2.75, 3.05) is 6.54 Å². The Labute approximate surface area is 98.7 Å². The standard InChI is InChI=1S/C13H14FNS/c14-13(10-15,9-12-7-4-8-16-12)11-5-2-1-3-6-11/h1-8H,9-10,15H2. The van der Waals surface area contributed by atoms with Crippen molar-refractivity contribution in [1.29, 1.82) is 0 Å². The van der Waals surface area contributed by atoms with E-state index in [0.717, 1.165) is 4.88 Å². The van der Waals surface area contributed by atoms with Crippen LogP contribution in [-0.4, -0.2) is 6.54 Å². The fourth-order valence-electron chi connectivity index (χ4n) is 1.72. The second-order valence-electron chi connectivity index (χ2n) is 3.79. The van der Waals surface area contributed by atoms with E-state index >= 15 is 0 Å². The molecule has 0 saturated heterocycles. The number of rotatable bonds is 4. The van der Waals surface area contributed by atoms with Crippen LogP contribution in [0.25, 0.3) is 0 Å². The molecule has 2 N–H and O–H groups in total. The van der Waals surface area contributed by atoms with E-state index in [1.165, 1.54) is 0 Å². The maximum atomic E-state index is 14.7. The van der Waals surface area contributed by atoms with Gasteiger partial charge in [0.1, 0.15) is 0 Å². The quantitative estimate of drug-likeness (QED) is 0.865. The van der Waals surface area contributed by atoms with E-state index < -0.39 is 5.67 Å². The Morgan fingerprint density at radius 3 is 2.44 bits per heavy atom. The summed E-state index contributed by atoms with van der Waals surface area (Å²) in [5.41, 5.74) is 4.79. The molecule has 0 radical (unpaired) electrons. The normalized spacial score (nSPS) is 14.6. The number of hydrogen-bond donors (Lipinski definition) is 1. The third-order valence-corrected chi connectivity index (χ3v) is 3.53. The fraction of sp³-hybridized carbons (Fsp3) is 0.231. The number of nitrogens with two attached hydrogens (primary N) is 1. The third-order valence-electron chi connectivity index (χ3n) is 2.65. The molecule has 1 atom stereocenters. The zero-order valence-corrected chi connectivity index (χ0v) is 9.71. The first-order valence-corrected chi connectivity index (χ1v) is 6.09. The van der Waals surface area contributed by atoms with Crippen LogP contribution in [0.15, 0.2) is 47.8 Å². The van der Waals surface area contributed by atoms with Crippen LogP contribution in [-0.2, 0) is 12.1 Å². The van der Waals surface area contributed by atoms with E-state index in [0.29, 0.717) is 12.0 Å². The first-order valence-electron chi connectivity index (χ1n) is 5.21. The molecule has 0 amide bonds. The lowest BCUT2D eigenvalue weighted by Gasteiger charge is -2.23. The van der Waals surface area contributed by atoms with E-state index in [1.807, 2.05) is 35.7 Å². The van der Waals surface area contributed by atoms with Gasteiger partial charge >= 0.3 is 0 Å². The number of hydrogen-bond acceptors (Lipinski definition) is 2. The molecule has 84 valence electrons. The molecule has 2 rings (SSSR count). The third kappa shape index (κ3) is 2.31. The Hall–Kier alpha value is -1.19. The van der Waals surface area contributed by atoms with Gasteiger partial charge in [-0.1, -0.05) is 36.4 Å². The van der Waals surface area contributed by atoms with Gasteiger partial charge in [-0.25, -0.2) is 4.39 Å². The predicted molar refractivity (Wildman–Crippen MR) is 66.3 cm³/mol. The Morgan fingerprint density at radius 2 is 1.88 bits per heavy atom. The average molecular weight is 235 g/mol. The molecule has 0 aliphatic heterocycles. The van der Waals surface area contributed by atoms with Crippen LogP contribution in [0, 0.1) is 0 Å². The van der Waals surface area contributed by atoms with Crippen LogP contribution in [0.2, 0.25) is 0 Å². The highest BCUT2D eigenvalue weighted by Gasteiger charge is 2.30. The summed E-state index contributed by atoms with van der Waals surface area (Å²) in [6, 6.07) is 13.0. The molecular weight excluding hydrogens is 221 g/mol. The van der Waals surface area contributed by atoms with E-state index in [1.54, 1.807) is 23.5 Å². The van der Waals surface area contributed by atoms with E-state index in [-0.39, 0.29) is 6.54 Å². The molecule has 0 aliphatic carbocycles. The van der Waals surface area contributed by atoms with Crippen molar-refractivity contribution >= 4 is 11.3 Å². The molecule has 0 aliphatic rings. The molecule has 1 nitrogen and oxygen atoms in total. The fourth-order valence-corrected chi connectivity index (χ4v) is 2.52. The summed E-state index contributed by atoms with van der Waals surface area (Å²) in [5.74, 6) is 0. The summed E-state index contributed by atoms with van der Waals surface area (Å²) in [7, 11) is 0. The monoisotopic (exact) mass is 235 g/mol. The minimum absolute atomic E-state index is 0.00884. The van der Waals surface area contributed by atoms with Gasteiger partial charge in [-0.3, -0.25) is 0 Å². The summed E-state index contributed by atoms with van der Waals surface area (Å²) in [6.45, 7) is 0.00884. The maximum Gasteiger partial charge on any atom is 0.152 e. The predicted octanol–water partition coefficient (Wildman–Crippen LogP) is 3.11. The molecule has 0 fully saturated rings. The van der Waals surface area contributed by atoms with Crippen molar-refractivity contribution in [2.24, 2.45) is 5.73 Å². The lowest BCUT2D eigenvalue weighted by atomic mass is 9.92. The summed E-state index contributed by atoms with van der Waals surface area (Å²) >= 11 is 1.56. The topological polar surface area (TPSA) is 26.0 Å². The minimum atomic E-state index is -1.45. The van der Waals surface area contributed by atoms with Crippen LogP contribution in [0.1, 0.15) is 10.4 Å². The maximum absolute atomic E-state index is 14.7. The zero-order chi connectivity index (χ0) is 11.4. The molecule has 16 heavy (non-hydrogen) atoms. The van der Waals surface area contributed by atoms with Crippen LogP contribution < -0.4 is 5.73 Å². The van der Waals surface area contributed by atoms with Crippen molar-refractivity contribution < 1.29 is 4.39 Å². The van der Waals surface area contributed by atoms with Gasteiger partial charge in [-0.15, -0.1) is 11.3 Å². The van der Waals surface area contributed by atoms with Gasteiger partial charge in [-0.05, 0) is 17.0 Å². The molecule has 3 heteroatoms. The molecule has 1 aromatic carbocycles. The summed E-state index contributed by atoms with van der Waals surface area (Å²) in [4.78, 5) is 1.02. The second-order valence-corrected chi connectivity index (χ2v) is 4.82. The SMILES string of the molecule is NCC(F)(Cc1cccs1)c1ccccc1. The van der Waals surface area contributed by atoms with E-state index in [9.17, 15) is 4.39 Å². The smallest absolute Gasteiger partial charge is 0.152 e. The Morgan fingerprint density at radius 1 is 1.12 bits per heavy atom. The molecular formula is C13H14FNS. The summed E-state index contributed by atoms with van der Waals surface area (Å²) in [6.07, 6.45) is 0.352. The Kier molecular flexibility index (Phi) is 3.36. The number of alkyl halides is 1. The molecule has 2 aromatic rings. The second kappa shape index (κ2) is 4.76. The van der Waals surface area contributed by atoms with Crippen molar-refractivity contribution in [3.8, 4) is 0 Å². The van der Waals surface area contributed by atoms with E-state index in [4.69, 9.17) is 5.73 Å². The average Bonchev–Trinajstić information content (AvgIpc) is 2.83. The Bertz CT molecular complexity index is 426. The zero-order valence-electron chi connectivity index (χ0n) is 8.90. The van der Waals surface area contributed by atoms with Crippen molar-refractivity contribution in [2.45, 2.75) is 12.1 Å². The van der Waals surface area contributed by atoms with Crippen LogP contribution in [0.3, 0.4) is 0 Å². The highest BCUT2D eigenvalue weighted by Crippen LogP contribution is 2.30. The van der Waals surface area contributed by atoms with Crippen LogP contribution in [0.4, 0.5) is 4.39 Å².